The molecule has 282 valence electrons. The quantitative estimate of drug-likeness (QED) is 0.0877. The summed E-state index contributed by atoms with van der Waals surface area (Å²) in [4.78, 5) is 12.5. The molecule has 0 saturated carbocycles. The van der Waals surface area contributed by atoms with Crippen LogP contribution in [0.15, 0.2) is 101 Å². The minimum Gasteiger partial charge on any atom is -0.744 e. The molecule has 0 aliphatic carbocycles. The number of aromatic nitrogens is 1. The molecule has 53 heavy (non-hydrogen) atoms. The number of pyridine rings is 1. The molecule has 0 saturated heterocycles. The molecule has 3 aromatic rings. The van der Waals surface area contributed by atoms with Crippen LogP contribution in [0.5, 0.6) is 0 Å². The monoisotopic (exact) mass is 761 g/mol. The second-order valence-electron chi connectivity index (χ2n) is 14.4. The van der Waals surface area contributed by atoms with Crippen molar-refractivity contribution in [2.45, 2.75) is 94.4 Å². The lowest BCUT2D eigenvalue weighted by Crippen LogP contribution is -2.32. The number of allylic oxidation sites excluding steroid dienone is 6. The number of rotatable bonds is 14. The van der Waals surface area contributed by atoms with Crippen LogP contribution in [-0.4, -0.2) is 60.4 Å². The second-order valence-corrected chi connectivity index (χ2v) is 17.2. The Balaban J connectivity index is 1.57. The molecule has 0 radical (unpaired) electrons. The number of carboxylic acids is 1. The van der Waals surface area contributed by atoms with E-state index in [2.05, 4.69) is 14.0 Å². The Morgan fingerprint density at radius 3 is 2.06 bits per heavy atom. The number of carboxylic acid groups (broad SMARTS) is 1. The van der Waals surface area contributed by atoms with E-state index in [1.165, 1.54) is 24.3 Å². The highest BCUT2D eigenvalue weighted by molar-refractivity contribution is 7.86. The number of unbranched alkanes of at least 4 members (excludes halogenated alkanes) is 2. The van der Waals surface area contributed by atoms with Crippen LogP contribution < -0.4 is 9.47 Å². The molecule has 13 heteroatoms. The molecule has 0 fully saturated rings. The van der Waals surface area contributed by atoms with Gasteiger partial charge >= 0.3 is 5.97 Å². The Kier molecular flexibility index (Phi) is 11.4. The fourth-order valence-electron chi connectivity index (χ4n) is 7.43. The van der Waals surface area contributed by atoms with Crippen LogP contribution in [-0.2, 0) is 42.4 Å². The molecule has 2 aromatic carbocycles. The summed E-state index contributed by atoms with van der Waals surface area (Å²) in [6, 6.07) is 13.1. The van der Waals surface area contributed by atoms with Gasteiger partial charge in [0.15, 0.2) is 18.1 Å². The zero-order chi connectivity index (χ0) is 38.9. The van der Waals surface area contributed by atoms with Gasteiger partial charge in [0.25, 0.3) is 0 Å². The zero-order valence-corrected chi connectivity index (χ0v) is 32.6. The lowest BCUT2D eigenvalue weighted by molar-refractivity contribution is -0.697. The normalized spacial score (nSPS) is 17.5. The van der Waals surface area contributed by atoms with Crippen molar-refractivity contribution in [3.8, 4) is 0 Å². The van der Waals surface area contributed by atoms with Crippen molar-refractivity contribution < 1.29 is 45.0 Å². The van der Waals surface area contributed by atoms with E-state index in [-0.39, 0.29) is 16.2 Å². The summed E-state index contributed by atoms with van der Waals surface area (Å²) in [6.45, 7) is 14.0. The van der Waals surface area contributed by atoms with Crippen molar-refractivity contribution in [2.24, 2.45) is 0 Å². The zero-order valence-electron chi connectivity index (χ0n) is 31.0. The molecule has 0 unspecified atom stereocenters. The number of aliphatic carboxylic acids is 1. The van der Waals surface area contributed by atoms with Gasteiger partial charge in [-0.15, -0.1) is 0 Å². The Morgan fingerprint density at radius 2 is 1.47 bits per heavy atom. The number of nitrogens with zero attached hydrogens (tertiary/aromatic N) is 3. The third-order valence-corrected chi connectivity index (χ3v) is 12.0. The fourth-order valence-corrected chi connectivity index (χ4v) is 8.43. The number of hydrogen-bond acceptors (Lipinski definition) is 8. The summed E-state index contributed by atoms with van der Waals surface area (Å²) in [5.74, 6) is -0.790. The predicted molar refractivity (Wildman–Crippen MR) is 201 cm³/mol. The van der Waals surface area contributed by atoms with Crippen LogP contribution in [0.2, 0.25) is 0 Å². The summed E-state index contributed by atoms with van der Waals surface area (Å²) < 4.78 is 75.7. The van der Waals surface area contributed by atoms with E-state index in [1.54, 1.807) is 12.1 Å². The molecule has 0 amide bonds. The molecule has 0 spiro atoms. The van der Waals surface area contributed by atoms with E-state index >= 15 is 0 Å². The Labute approximate surface area is 312 Å². The van der Waals surface area contributed by atoms with Gasteiger partial charge in [-0.1, -0.05) is 19.9 Å². The van der Waals surface area contributed by atoms with Crippen LogP contribution in [0, 0.1) is 0 Å². The van der Waals surface area contributed by atoms with E-state index in [4.69, 9.17) is 5.11 Å². The van der Waals surface area contributed by atoms with Gasteiger partial charge in [-0.2, -0.15) is 4.58 Å². The number of aryl methyl sites for hydroxylation is 1. The maximum absolute atomic E-state index is 11.9. The number of likely N-dealkylation sites (N-methyl/N-ethyl adjacent to an activating group) is 1. The summed E-state index contributed by atoms with van der Waals surface area (Å²) >= 11 is 0. The van der Waals surface area contributed by atoms with Gasteiger partial charge in [0.2, 0.25) is 5.69 Å². The molecule has 3 heterocycles. The highest BCUT2D eigenvalue weighted by atomic mass is 32.2. The van der Waals surface area contributed by atoms with Gasteiger partial charge in [0, 0.05) is 66.0 Å². The van der Waals surface area contributed by atoms with Crippen molar-refractivity contribution in [2.75, 3.05) is 18.0 Å². The van der Waals surface area contributed by atoms with Gasteiger partial charge < -0.3 is 19.1 Å². The van der Waals surface area contributed by atoms with Crippen LogP contribution in [0.1, 0.15) is 83.9 Å². The Morgan fingerprint density at radius 1 is 0.849 bits per heavy atom. The van der Waals surface area contributed by atoms with Gasteiger partial charge in [-0.25, -0.2) is 21.4 Å². The van der Waals surface area contributed by atoms with Crippen molar-refractivity contribution in [1.82, 2.24) is 0 Å². The number of carbonyl (C=O) groups is 1. The van der Waals surface area contributed by atoms with Gasteiger partial charge in [-0.3, -0.25) is 4.79 Å². The van der Waals surface area contributed by atoms with E-state index in [1.807, 2.05) is 90.4 Å². The summed E-state index contributed by atoms with van der Waals surface area (Å²) in [6.07, 6.45) is 14.5. The first-order valence-corrected chi connectivity index (χ1v) is 20.6. The largest absolute Gasteiger partial charge is 0.744 e. The molecule has 5 rings (SSSR count). The van der Waals surface area contributed by atoms with Crippen LogP contribution >= 0.6 is 0 Å². The average molecular weight is 762 g/mol. The molecular formula is C40H47N3O8S2. The lowest BCUT2D eigenvalue weighted by Gasteiger charge is -2.26. The number of anilines is 1. The number of fused-ring (bicyclic) bond motifs is 2. The van der Waals surface area contributed by atoms with E-state index < -0.39 is 37.0 Å². The molecule has 1 aromatic heterocycles. The Bertz CT molecular complexity index is 2270. The summed E-state index contributed by atoms with van der Waals surface area (Å²) in [5, 5.41) is 8.93. The average Bonchev–Trinajstić information content (AvgIpc) is 3.44. The molecule has 2 aliphatic heterocycles. The molecule has 11 nitrogen and oxygen atoms in total. The summed E-state index contributed by atoms with van der Waals surface area (Å²) in [7, 11) is -9.28. The molecular weight excluding hydrogens is 715 g/mol. The van der Waals surface area contributed by atoms with Crippen molar-refractivity contribution in [3.05, 3.63) is 108 Å². The standard InChI is InChI=1S/C40H47N3O8S2/c1-7-42-34-17-15-30(52(46,47)48)26-32(34)39(3,4)36(42)19-13-28(29-21-24-41(25-22-29)23-11-9-10-12-38(44)45)14-20-37-40(5,6)33-27-31(53(49,50)51)16-18-35(33)43(37)8-2/h13-22,24-27H,7-12,23H2,1-6H3,(H-2,44,45,46,47,48,49,50,51). The number of hydrogen-bond donors (Lipinski definition) is 1. The van der Waals surface area contributed by atoms with Gasteiger partial charge in [-0.05, 0) is 99.7 Å². The van der Waals surface area contributed by atoms with Crippen LogP contribution in [0.3, 0.4) is 0 Å². The van der Waals surface area contributed by atoms with Crippen LogP contribution in [0.25, 0.3) is 5.57 Å². The van der Waals surface area contributed by atoms with Crippen LogP contribution in [0.4, 0.5) is 11.4 Å². The maximum Gasteiger partial charge on any atom is 0.303 e. The van der Waals surface area contributed by atoms with Gasteiger partial charge in [0.05, 0.1) is 15.2 Å². The topological polar surface area (TPSA) is 162 Å². The van der Waals surface area contributed by atoms with E-state index in [9.17, 15) is 30.7 Å². The first-order chi connectivity index (χ1) is 24.8. The highest BCUT2D eigenvalue weighted by Crippen LogP contribution is 2.48. The van der Waals surface area contributed by atoms with E-state index in [0.29, 0.717) is 19.5 Å². The first-order valence-electron chi connectivity index (χ1n) is 17.8. The minimum atomic E-state index is -4.64. The predicted octanol–water partition coefficient (Wildman–Crippen LogP) is 6.16. The SMILES string of the molecule is CCN1/C(=C/C=C(/C=C/C2=[N+](CC)c3ccc(S(=O)(=O)[O-])cc3C2(C)C)c2cc[n+](CCCCCC(=O)O)cc2)C(C)(C)c2cc(S(=O)(=O)[O-])ccc21. The molecule has 0 bridgehead atoms. The number of benzene rings is 2. The maximum atomic E-state index is 11.9. The summed E-state index contributed by atoms with van der Waals surface area (Å²) in [5.41, 5.74) is 5.57. The minimum absolute atomic E-state index is 0.158. The van der Waals surface area contributed by atoms with Crippen molar-refractivity contribution in [1.29, 1.82) is 0 Å². The van der Waals surface area contributed by atoms with Crippen molar-refractivity contribution in [3.63, 3.8) is 0 Å². The molecule has 0 atom stereocenters. The fraction of sp³-hybridized carbons (Fsp3) is 0.375. The third kappa shape index (κ3) is 8.23. The second kappa shape index (κ2) is 15.1. The van der Waals surface area contributed by atoms with E-state index in [0.717, 1.165) is 64.4 Å². The van der Waals surface area contributed by atoms with Crippen molar-refractivity contribution >= 4 is 48.9 Å². The smallest absolute Gasteiger partial charge is 0.303 e. The molecule has 2 aliphatic rings. The van der Waals surface area contributed by atoms with Gasteiger partial charge in [0.1, 0.15) is 33.3 Å². The Hall–Kier alpha value is -4.43. The highest BCUT2D eigenvalue weighted by Gasteiger charge is 2.44. The third-order valence-electron chi connectivity index (χ3n) is 10.3. The molecule has 1 N–H and O–H groups in total. The first kappa shape index (κ1) is 39.8. The lowest BCUT2D eigenvalue weighted by atomic mass is 9.81.